The van der Waals surface area contributed by atoms with Gasteiger partial charge in [-0.25, -0.2) is 0 Å². The van der Waals surface area contributed by atoms with Crippen molar-refractivity contribution in [1.29, 1.82) is 0 Å². The molecule has 3 heteroatoms. The van der Waals surface area contributed by atoms with E-state index in [1.54, 1.807) is 12.3 Å². The number of carbonyl (C=O) groups excluding carboxylic acids is 1. The molecule has 1 aromatic heterocycles. The molecule has 2 rings (SSSR count). The lowest BCUT2D eigenvalue weighted by molar-refractivity contribution is 0.102. The Morgan fingerprint density at radius 3 is 2.86 bits per heavy atom. The number of benzene rings is 1. The summed E-state index contributed by atoms with van der Waals surface area (Å²) < 4.78 is 0. The summed E-state index contributed by atoms with van der Waals surface area (Å²) in [4.78, 5) is 15.7. The molecule has 70 valence electrons. The van der Waals surface area contributed by atoms with E-state index in [9.17, 15) is 4.79 Å². The Hall–Kier alpha value is -1.35. The maximum Gasteiger partial charge on any atom is 0.174 e. The summed E-state index contributed by atoms with van der Waals surface area (Å²) in [6.07, 6.45) is 1.69. The average Bonchev–Trinajstić information content (AvgIpc) is 2.27. The second kappa shape index (κ2) is 3.80. The van der Waals surface area contributed by atoms with Crippen molar-refractivity contribution in [2.75, 3.05) is 5.75 Å². The topological polar surface area (TPSA) is 30.0 Å². The number of hydrogen-bond acceptors (Lipinski definition) is 3. The van der Waals surface area contributed by atoms with Crippen LogP contribution in [0.25, 0.3) is 10.9 Å². The van der Waals surface area contributed by atoms with Crippen LogP contribution in [0.5, 0.6) is 0 Å². The number of rotatable bonds is 2. The van der Waals surface area contributed by atoms with E-state index < -0.39 is 0 Å². The smallest absolute Gasteiger partial charge is 0.174 e. The number of thiol groups is 1. The molecule has 1 aromatic carbocycles. The number of aromatic nitrogens is 1. The molecule has 2 nitrogen and oxygen atoms in total. The van der Waals surface area contributed by atoms with Crippen LogP contribution in [0.2, 0.25) is 0 Å². The monoisotopic (exact) mass is 203 g/mol. The van der Waals surface area contributed by atoms with E-state index in [4.69, 9.17) is 0 Å². The van der Waals surface area contributed by atoms with Crippen molar-refractivity contribution in [1.82, 2.24) is 4.98 Å². The first-order valence-corrected chi connectivity index (χ1v) is 4.94. The Bertz CT molecular complexity index is 476. The second-order valence-corrected chi connectivity index (χ2v) is 3.28. The maximum atomic E-state index is 11.5. The Labute approximate surface area is 87.4 Å². The lowest BCUT2D eigenvalue weighted by Gasteiger charge is -2.01. The van der Waals surface area contributed by atoms with Gasteiger partial charge in [-0.1, -0.05) is 18.2 Å². The molecule has 0 N–H and O–H groups in total. The summed E-state index contributed by atoms with van der Waals surface area (Å²) >= 11 is 3.98. The van der Waals surface area contributed by atoms with Crippen molar-refractivity contribution in [3.05, 3.63) is 42.1 Å². The Balaban J connectivity index is 2.71. The summed E-state index contributed by atoms with van der Waals surface area (Å²) in [6, 6.07) is 9.39. The summed E-state index contributed by atoms with van der Waals surface area (Å²) in [5.74, 6) is 0.230. The number of fused-ring (bicyclic) bond motifs is 1. The molecule has 0 aliphatic carbocycles. The van der Waals surface area contributed by atoms with Gasteiger partial charge in [0.25, 0.3) is 0 Å². The van der Waals surface area contributed by atoms with E-state index in [0.29, 0.717) is 5.56 Å². The minimum atomic E-state index is 0.0117. The third kappa shape index (κ3) is 1.51. The molecule has 0 aliphatic heterocycles. The van der Waals surface area contributed by atoms with E-state index in [0.717, 1.165) is 10.9 Å². The minimum absolute atomic E-state index is 0.0117. The van der Waals surface area contributed by atoms with Crippen LogP contribution in [-0.2, 0) is 0 Å². The molecule has 0 amide bonds. The highest BCUT2D eigenvalue weighted by atomic mass is 32.1. The van der Waals surface area contributed by atoms with Crippen LogP contribution < -0.4 is 0 Å². The van der Waals surface area contributed by atoms with E-state index in [1.807, 2.05) is 24.3 Å². The lowest BCUT2D eigenvalue weighted by Crippen LogP contribution is -2.01. The Morgan fingerprint density at radius 2 is 2.07 bits per heavy atom. The number of para-hydroxylation sites is 1. The standard InChI is InChI=1S/C11H9NOS/c13-10(7-14)9-5-1-3-8-4-2-6-12-11(8)9/h1-6,14H,7H2. The quantitative estimate of drug-likeness (QED) is 0.599. The van der Waals surface area contributed by atoms with Crippen molar-refractivity contribution < 1.29 is 4.79 Å². The predicted molar refractivity (Wildman–Crippen MR) is 59.9 cm³/mol. The molecule has 0 unspecified atom stereocenters. The van der Waals surface area contributed by atoms with Crippen LogP contribution in [0.1, 0.15) is 10.4 Å². The molecule has 14 heavy (non-hydrogen) atoms. The van der Waals surface area contributed by atoms with Crippen LogP contribution in [0.3, 0.4) is 0 Å². The fourth-order valence-corrected chi connectivity index (χ4v) is 1.58. The highest BCUT2D eigenvalue weighted by molar-refractivity contribution is 7.81. The van der Waals surface area contributed by atoms with Gasteiger partial charge in [0.15, 0.2) is 5.78 Å². The minimum Gasteiger partial charge on any atom is -0.293 e. The number of carbonyl (C=O) groups is 1. The lowest BCUT2D eigenvalue weighted by atomic mass is 10.1. The number of pyridine rings is 1. The first kappa shape index (κ1) is 9.21. The predicted octanol–water partition coefficient (Wildman–Crippen LogP) is 2.35. The van der Waals surface area contributed by atoms with E-state index >= 15 is 0 Å². The highest BCUT2D eigenvalue weighted by Gasteiger charge is 2.07. The van der Waals surface area contributed by atoms with E-state index in [2.05, 4.69) is 17.6 Å². The molecule has 0 spiro atoms. The van der Waals surface area contributed by atoms with Crippen LogP contribution in [0.4, 0.5) is 0 Å². The van der Waals surface area contributed by atoms with Gasteiger partial charge in [0, 0.05) is 17.1 Å². The van der Waals surface area contributed by atoms with Crippen LogP contribution >= 0.6 is 12.6 Å². The van der Waals surface area contributed by atoms with Gasteiger partial charge in [0.2, 0.25) is 0 Å². The fraction of sp³-hybridized carbons (Fsp3) is 0.0909. The average molecular weight is 203 g/mol. The van der Waals surface area contributed by atoms with Crippen LogP contribution in [0.15, 0.2) is 36.5 Å². The second-order valence-electron chi connectivity index (χ2n) is 2.96. The van der Waals surface area contributed by atoms with Crippen LogP contribution in [-0.4, -0.2) is 16.5 Å². The first-order valence-electron chi connectivity index (χ1n) is 4.31. The highest BCUT2D eigenvalue weighted by Crippen LogP contribution is 2.16. The zero-order valence-corrected chi connectivity index (χ0v) is 8.37. The van der Waals surface area contributed by atoms with E-state index in [1.165, 1.54) is 0 Å². The zero-order valence-electron chi connectivity index (χ0n) is 7.47. The molecule has 0 radical (unpaired) electrons. The molecule has 0 atom stereocenters. The van der Waals surface area contributed by atoms with Gasteiger partial charge in [-0.3, -0.25) is 9.78 Å². The Kier molecular flexibility index (Phi) is 2.50. The first-order chi connectivity index (χ1) is 6.83. The molecule has 0 bridgehead atoms. The molecule has 0 saturated carbocycles. The molecule has 0 saturated heterocycles. The van der Waals surface area contributed by atoms with Crippen molar-refractivity contribution in [2.45, 2.75) is 0 Å². The summed E-state index contributed by atoms with van der Waals surface area (Å²) in [5.41, 5.74) is 1.41. The SMILES string of the molecule is O=C(CS)c1cccc2cccnc12. The largest absolute Gasteiger partial charge is 0.293 e. The molecule has 0 aliphatic rings. The van der Waals surface area contributed by atoms with Crippen molar-refractivity contribution in [3.63, 3.8) is 0 Å². The van der Waals surface area contributed by atoms with Gasteiger partial charge < -0.3 is 0 Å². The van der Waals surface area contributed by atoms with Crippen molar-refractivity contribution >= 4 is 29.3 Å². The van der Waals surface area contributed by atoms with Crippen molar-refractivity contribution in [3.8, 4) is 0 Å². The molecule has 2 aromatic rings. The number of hydrogen-bond donors (Lipinski definition) is 1. The summed E-state index contributed by atoms with van der Waals surface area (Å²) in [6.45, 7) is 0. The molecule has 0 fully saturated rings. The van der Waals surface area contributed by atoms with E-state index in [-0.39, 0.29) is 11.5 Å². The van der Waals surface area contributed by atoms with Crippen LogP contribution in [0, 0.1) is 0 Å². The fourth-order valence-electron chi connectivity index (χ4n) is 1.41. The third-order valence-electron chi connectivity index (χ3n) is 2.08. The van der Waals surface area contributed by atoms with Gasteiger partial charge in [-0.15, -0.1) is 0 Å². The summed E-state index contributed by atoms with van der Waals surface area (Å²) in [7, 11) is 0. The molecular weight excluding hydrogens is 194 g/mol. The number of nitrogens with zero attached hydrogens (tertiary/aromatic N) is 1. The number of ketones is 1. The zero-order chi connectivity index (χ0) is 9.97. The van der Waals surface area contributed by atoms with Crippen molar-refractivity contribution in [2.24, 2.45) is 0 Å². The van der Waals surface area contributed by atoms with Gasteiger partial charge in [0.05, 0.1) is 11.3 Å². The van der Waals surface area contributed by atoms with Gasteiger partial charge in [-0.2, -0.15) is 12.6 Å². The third-order valence-corrected chi connectivity index (χ3v) is 2.36. The van der Waals surface area contributed by atoms with Gasteiger partial charge in [-0.05, 0) is 12.1 Å². The molecular formula is C11H9NOS. The molecule has 1 heterocycles. The van der Waals surface area contributed by atoms with Gasteiger partial charge in [0.1, 0.15) is 0 Å². The normalized spacial score (nSPS) is 10.4. The Morgan fingerprint density at radius 1 is 1.29 bits per heavy atom. The maximum absolute atomic E-state index is 11.5. The van der Waals surface area contributed by atoms with Gasteiger partial charge >= 0.3 is 0 Å². The summed E-state index contributed by atoms with van der Waals surface area (Å²) in [5, 5.41) is 0.986. The number of Topliss-reactive ketones (excluding diaryl/α,β-unsaturated/α-hetero) is 1.